The van der Waals surface area contributed by atoms with Crippen LogP contribution < -0.4 is 0 Å². The van der Waals surface area contributed by atoms with E-state index in [2.05, 4.69) is 22.0 Å². The summed E-state index contributed by atoms with van der Waals surface area (Å²) in [4.78, 5) is 18.1. The van der Waals surface area contributed by atoms with Gasteiger partial charge in [-0.2, -0.15) is 0 Å². The molecule has 1 aromatic heterocycles. The normalized spacial score (nSPS) is 10.6. The molecule has 3 heteroatoms. The Morgan fingerprint density at radius 2 is 1.95 bits per heavy atom. The van der Waals surface area contributed by atoms with Gasteiger partial charge in [0, 0.05) is 37.5 Å². The standard InChI is InChI=1S/C16H18N2O/c1-18(13-14-6-3-2-4-7-14)11-9-16(19)15-8-5-10-17-12-15/h2-8,10,12H,9,11,13H2,1H3. The summed E-state index contributed by atoms with van der Waals surface area (Å²) in [5.41, 5.74) is 1.95. The van der Waals surface area contributed by atoms with Gasteiger partial charge in [0.05, 0.1) is 0 Å². The number of hydrogen-bond donors (Lipinski definition) is 0. The van der Waals surface area contributed by atoms with Gasteiger partial charge in [-0.15, -0.1) is 0 Å². The van der Waals surface area contributed by atoms with Crippen molar-refractivity contribution in [3.8, 4) is 0 Å². The zero-order valence-electron chi connectivity index (χ0n) is 11.1. The summed E-state index contributed by atoms with van der Waals surface area (Å²) >= 11 is 0. The molecular weight excluding hydrogens is 236 g/mol. The van der Waals surface area contributed by atoms with Gasteiger partial charge in [-0.25, -0.2) is 0 Å². The minimum atomic E-state index is 0.146. The minimum Gasteiger partial charge on any atom is -0.302 e. The highest BCUT2D eigenvalue weighted by molar-refractivity contribution is 5.95. The molecular formula is C16H18N2O. The molecule has 0 saturated heterocycles. The number of hydrogen-bond acceptors (Lipinski definition) is 3. The Hall–Kier alpha value is -2.00. The van der Waals surface area contributed by atoms with E-state index in [-0.39, 0.29) is 5.78 Å². The van der Waals surface area contributed by atoms with E-state index in [0.717, 1.165) is 13.1 Å². The zero-order valence-corrected chi connectivity index (χ0v) is 11.1. The lowest BCUT2D eigenvalue weighted by Gasteiger charge is -2.16. The third kappa shape index (κ3) is 4.30. The van der Waals surface area contributed by atoms with Crippen molar-refractivity contribution in [2.45, 2.75) is 13.0 Å². The number of nitrogens with zero attached hydrogens (tertiary/aromatic N) is 2. The molecule has 0 atom stereocenters. The van der Waals surface area contributed by atoms with Crippen molar-refractivity contribution in [3.05, 3.63) is 66.0 Å². The molecule has 0 aliphatic carbocycles. The lowest BCUT2D eigenvalue weighted by atomic mass is 10.1. The number of pyridine rings is 1. The smallest absolute Gasteiger partial charge is 0.165 e. The summed E-state index contributed by atoms with van der Waals surface area (Å²) in [5, 5.41) is 0. The molecule has 0 unspecified atom stereocenters. The molecule has 3 nitrogen and oxygen atoms in total. The highest BCUT2D eigenvalue weighted by Gasteiger charge is 2.07. The Balaban J connectivity index is 1.81. The van der Waals surface area contributed by atoms with Crippen LogP contribution in [-0.2, 0) is 6.54 Å². The number of rotatable bonds is 6. The molecule has 0 aliphatic heterocycles. The van der Waals surface area contributed by atoms with Gasteiger partial charge in [0.15, 0.2) is 5.78 Å². The highest BCUT2D eigenvalue weighted by atomic mass is 16.1. The first-order chi connectivity index (χ1) is 9.25. The van der Waals surface area contributed by atoms with Crippen molar-refractivity contribution in [2.75, 3.05) is 13.6 Å². The number of Topliss-reactive ketones (excluding diaryl/α,β-unsaturated/α-hetero) is 1. The minimum absolute atomic E-state index is 0.146. The van der Waals surface area contributed by atoms with Gasteiger partial charge in [-0.3, -0.25) is 9.78 Å². The average Bonchev–Trinajstić information content (AvgIpc) is 2.47. The molecule has 0 N–H and O–H groups in total. The van der Waals surface area contributed by atoms with Crippen molar-refractivity contribution in [2.24, 2.45) is 0 Å². The van der Waals surface area contributed by atoms with Gasteiger partial charge in [0.1, 0.15) is 0 Å². The number of carbonyl (C=O) groups excluding carboxylic acids is 1. The van der Waals surface area contributed by atoms with E-state index >= 15 is 0 Å². The van der Waals surface area contributed by atoms with Crippen LogP contribution in [0.3, 0.4) is 0 Å². The Bertz CT molecular complexity index is 511. The number of aromatic nitrogens is 1. The molecule has 0 bridgehead atoms. The summed E-state index contributed by atoms with van der Waals surface area (Å²) in [6, 6.07) is 13.9. The van der Waals surface area contributed by atoms with Gasteiger partial charge in [0.25, 0.3) is 0 Å². The molecule has 0 fully saturated rings. The Labute approximate surface area is 113 Å². The second-order valence-electron chi connectivity index (χ2n) is 4.64. The molecule has 0 spiro atoms. The fourth-order valence-corrected chi connectivity index (χ4v) is 1.94. The Morgan fingerprint density at radius 3 is 2.63 bits per heavy atom. The molecule has 1 heterocycles. The van der Waals surface area contributed by atoms with Crippen LogP contribution in [0.25, 0.3) is 0 Å². The third-order valence-corrected chi connectivity index (χ3v) is 3.00. The number of ketones is 1. The summed E-state index contributed by atoms with van der Waals surface area (Å²) in [6.45, 7) is 1.61. The van der Waals surface area contributed by atoms with E-state index in [1.807, 2.05) is 31.3 Å². The predicted octanol–water partition coefficient (Wildman–Crippen LogP) is 2.79. The van der Waals surface area contributed by atoms with Gasteiger partial charge in [0.2, 0.25) is 0 Å². The van der Waals surface area contributed by atoms with Crippen LogP contribution in [0.5, 0.6) is 0 Å². The highest BCUT2D eigenvalue weighted by Crippen LogP contribution is 2.05. The molecule has 2 rings (SSSR count). The van der Waals surface area contributed by atoms with E-state index in [0.29, 0.717) is 12.0 Å². The van der Waals surface area contributed by atoms with Crippen molar-refractivity contribution in [3.63, 3.8) is 0 Å². The molecule has 1 aromatic carbocycles. The fraction of sp³-hybridized carbons (Fsp3) is 0.250. The van der Waals surface area contributed by atoms with E-state index in [1.165, 1.54) is 5.56 Å². The molecule has 0 radical (unpaired) electrons. The molecule has 2 aromatic rings. The fourth-order valence-electron chi connectivity index (χ4n) is 1.94. The quantitative estimate of drug-likeness (QED) is 0.743. The number of carbonyl (C=O) groups is 1. The van der Waals surface area contributed by atoms with E-state index in [9.17, 15) is 4.79 Å². The van der Waals surface area contributed by atoms with Crippen LogP contribution in [0.2, 0.25) is 0 Å². The Morgan fingerprint density at radius 1 is 1.16 bits per heavy atom. The van der Waals surface area contributed by atoms with Crippen LogP contribution >= 0.6 is 0 Å². The van der Waals surface area contributed by atoms with Gasteiger partial charge < -0.3 is 4.90 Å². The summed E-state index contributed by atoms with van der Waals surface area (Å²) in [5.74, 6) is 0.146. The second-order valence-corrected chi connectivity index (χ2v) is 4.64. The van der Waals surface area contributed by atoms with Gasteiger partial charge >= 0.3 is 0 Å². The third-order valence-electron chi connectivity index (χ3n) is 3.00. The first-order valence-corrected chi connectivity index (χ1v) is 6.41. The molecule has 0 amide bonds. The molecule has 19 heavy (non-hydrogen) atoms. The maximum atomic E-state index is 11.9. The summed E-state index contributed by atoms with van der Waals surface area (Å²) < 4.78 is 0. The van der Waals surface area contributed by atoms with Crippen molar-refractivity contribution in [1.82, 2.24) is 9.88 Å². The van der Waals surface area contributed by atoms with E-state index < -0.39 is 0 Å². The van der Waals surface area contributed by atoms with Gasteiger partial charge in [-0.05, 0) is 24.7 Å². The van der Waals surface area contributed by atoms with Crippen molar-refractivity contribution in [1.29, 1.82) is 0 Å². The Kier molecular flexibility index (Phi) is 4.81. The summed E-state index contributed by atoms with van der Waals surface area (Å²) in [6.07, 6.45) is 3.83. The molecule has 0 aliphatic rings. The maximum absolute atomic E-state index is 11.9. The van der Waals surface area contributed by atoms with Crippen LogP contribution in [0.15, 0.2) is 54.9 Å². The SMILES string of the molecule is CN(CCC(=O)c1cccnc1)Cc1ccccc1. The van der Waals surface area contributed by atoms with Crippen molar-refractivity contribution < 1.29 is 4.79 Å². The predicted molar refractivity (Wildman–Crippen MR) is 76.0 cm³/mol. The topological polar surface area (TPSA) is 33.2 Å². The largest absolute Gasteiger partial charge is 0.302 e. The first kappa shape index (κ1) is 13.4. The monoisotopic (exact) mass is 254 g/mol. The molecule has 0 saturated carbocycles. The maximum Gasteiger partial charge on any atom is 0.165 e. The van der Waals surface area contributed by atoms with Crippen LogP contribution in [0.1, 0.15) is 22.3 Å². The van der Waals surface area contributed by atoms with Crippen LogP contribution in [-0.4, -0.2) is 29.3 Å². The average molecular weight is 254 g/mol. The first-order valence-electron chi connectivity index (χ1n) is 6.41. The van der Waals surface area contributed by atoms with E-state index in [1.54, 1.807) is 18.5 Å². The van der Waals surface area contributed by atoms with E-state index in [4.69, 9.17) is 0 Å². The second kappa shape index (κ2) is 6.81. The lowest BCUT2D eigenvalue weighted by Crippen LogP contribution is -2.21. The van der Waals surface area contributed by atoms with Crippen LogP contribution in [0, 0.1) is 0 Å². The van der Waals surface area contributed by atoms with Crippen molar-refractivity contribution >= 4 is 5.78 Å². The van der Waals surface area contributed by atoms with Gasteiger partial charge in [-0.1, -0.05) is 30.3 Å². The lowest BCUT2D eigenvalue weighted by molar-refractivity contribution is 0.0967. The molecule has 98 valence electrons. The zero-order chi connectivity index (χ0) is 13.5. The van der Waals surface area contributed by atoms with Crippen LogP contribution in [0.4, 0.5) is 0 Å². The number of benzene rings is 1. The summed E-state index contributed by atoms with van der Waals surface area (Å²) in [7, 11) is 2.03.